The van der Waals surface area contributed by atoms with Gasteiger partial charge in [-0.15, -0.1) is 0 Å². The Balaban J connectivity index is 0.000000829. The molecule has 1 N–H and O–H groups in total. The van der Waals surface area contributed by atoms with E-state index in [4.69, 9.17) is 14.2 Å². The van der Waals surface area contributed by atoms with E-state index in [1.807, 2.05) is 64.1 Å². The van der Waals surface area contributed by atoms with Gasteiger partial charge >= 0.3 is 8.17 Å². The van der Waals surface area contributed by atoms with Crippen LogP contribution in [-0.4, -0.2) is 0 Å². The van der Waals surface area contributed by atoms with E-state index in [1.165, 1.54) is 0 Å². The van der Waals surface area contributed by atoms with Gasteiger partial charge in [-0.25, -0.2) is 9.05 Å². The lowest BCUT2D eigenvalue weighted by atomic mass is 10.3. The summed E-state index contributed by atoms with van der Waals surface area (Å²) in [4.78, 5) is 0. The van der Waals surface area contributed by atoms with Crippen LogP contribution in [0.2, 0.25) is 0 Å². The summed E-state index contributed by atoms with van der Waals surface area (Å²) in [5.41, 5.74) is 0. The van der Waals surface area contributed by atoms with Crippen LogP contribution in [0.25, 0.3) is 0 Å². The average molecular weight is 292 g/mol. The number of hydrogen-bond donors (Lipinski definition) is 1. The van der Waals surface area contributed by atoms with Crippen LogP contribution in [-0.2, 0) is 0 Å². The van der Waals surface area contributed by atoms with Crippen LogP contribution in [0.4, 0.5) is 0 Å². The molecule has 3 nitrogen and oxygen atoms in total. The maximum Gasteiger partial charge on any atom is 0.664 e. The minimum atomic E-state index is -1.68. The van der Waals surface area contributed by atoms with Gasteiger partial charge in [0.25, 0.3) is 0 Å². The molecule has 0 heterocycles. The van der Waals surface area contributed by atoms with Crippen molar-refractivity contribution in [1.29, 1.82) is 5.16 Å². The number of rotatable bonds is 4. The van der Waals surface area contributed by atoms with E-state index in [0.29, 0.717) is 11.5 Å². The first kappa shape index (κ1) is 18.1. The smallest absolute Gasteiger partial charge is 0.236 e. The minimum absolute atomic E-state index is 0.652. The Kier molecular flexibility index (Phi) is 11.1. The topological polar surface area (TPSA) is 42.3 Å². The van der Waals surface area contributed by atoms with Crippen molar-refractivity contribution in [2.45, 2.75) is 27.7 Å². The highest BCUT2D eigenvalue weighted by atomic mass is 31.1. The van der Waals surface area contributed by atoms with Crippen LogP contribution in [0.5, 0.6) is 11.5 Å². The van der Waals surface area contributed by atoms with E-state index in [-0.39, 0.29) is 0 Å². The Morgan fingerprint density at radius 1 is 0.650 bits per heavy atom. The zero-order valence-electron chi connectivity index (χ0n) is 12.5. The molecule has 2 aromatic rings. The molecule has 4 heteroatoms. The van der Waals surface area contributed by atoms with E-state index in [9.17, 15) is 0 Å². The zero-order valence-corrected chi connectivity index (χ0v) is 13.4. The molecule has 0 radical (unpaired) electrons. The second-order valence-corrected chi connectivity index (χ2v) is 3.95. The maximum atomic E-state index is 7.67. The summed E-state index contributed by atoms with van der Waals surface area (Å²) >= 11 is 0. The van der Waals surface area contributed by atoms with E-state index in [0.717, 1.165) is 0 Å². The summed E-state index contributed by atoms with van der Waals surface area (Å²) in [6.07, 6.45) is 0. The molecule has 0 saturated carbocycles. The van der Waals surface area contributed by atoms with Crippen LogP contribution in [0.3, 0.4) is 0 Å². The van der Waals surface area contributed by atoms with Gasteiger partial charge < -0.3 is 0 Å². The third kappa shape index (κ3) is 7.55. The van der Waals surface area contributed by atoms with Gasteiger partial charge in [0.15, 0.2) is 11.5 Å². The van der Waals surface area contributed by atoms with E-state index in [2.05, 4.69) is 0 Å². The number of benzene rings is 2. The molecule has 0 spiro atoms. The van der Waals surface area contributed by atoms with Gasteiger partial charge in [0.05, 0.1) is 0 Å². The second-order valence-electron chi connectivity index (χ2n) is 3.07. The molecule has 108 valence electrons. The molecule has 0 fully saturated rings. The quantitative estimate of drug-likeness (QED) is 0.674. The Morgan fingerprint density at radius 3 is 1.25 bits per heavy atom. The molecule has 0 atom stereocenters. The van der Waals surface area contributed by atoms with Crippen molar-refractivity contribution >= 4 is 8.17 Å². The summed E-state index contributed by atoms with van der Waals surface area (Å²) in [7, 11) is -1.68. The van der Waals surface area contributed by atoms with Crippen LogP contribution >= 0.6 is 8.17 Å². The molecular weight excluding hydrogens is 269 g/mol. The van der Waals surface area contributed by atoms with E-state index < -0.39 is 8.17 Å². The zero-order chi connectivity index (χ0) is 15.2. The summed E-state index contributed by atoms with van der Waals surface area (Å²) in [5, 5.41) is 7.67. The molecule has 0 amide bonds. The highest BCUT2D eigenvalue weighted by Crippen LogP contribution is 2.30. The first-order valence-corrected chi connectivity index (χ1v) is 8.00. The van der Waals surface area contributed by atoms with Crippen molar-refractivity contribution in [2.75, 3.05) is 0 Å². The van der Waals surface area contributed by atoms with Crippen LogP contribution in [0, 0.1) is 5.16 Å². The highest BCUT2D eigenvalue weighted by molar-refractivity contribution is 7.35. The summed E-state index contributed by atoms with van der Waals surface area (Å²) in [5.74, 6) is 1.30. The normalized spacial score (nSPS) is 8.20. The molecule has 0 aliphatic carbocycles. The third-order valence-corrected chi connectivity index (χ3v) is 2.62. The number of para-hydroxylation sites is 2. The van der Waals surface area contributed by atoms with Crippen LogP contribution in [0.15, 0.2) is 60.7 Å². The van der Waals surface area contributed by atoms with Gasteiger partial charge in [-0.1, -0.05) is 64.1 Å². The Labute approximate surface area is 123 Å². The molecule has 0 unspecified atom stereocenters. The average Bonchev–Trinajstić information content (AvgIpc) is 2.53. The first-order valence-electron chi connectivity index (χ1n) is 6.82. The van der Waals surface area contributed by atoms with Crippen molar-refractivity contribution in [3.8, 4) is 11.5 Å². The van der Waals surface area contributed by atoms with Crippen molar-refractivity contribution in [2.24, 2.45) is 0 Å². The lowest BCUT2D eigenvalue weighted by Crippen LogP contribution is -1.87. The lowest BCUT2D eigenvalue weighted by molar-refractivity contribution is 0.499. The van der Waals surface area contributed by atoms with Crippen LogP contribution < -0.4 is 9.05 Å². The molecule has 0 saturated heterocycles. The van der Waals surface area contributed by atoms with E-state index in [1.54, 1.807) is 24.3 Å². The monoisotopic (exact) mass is 292 g/mol. The molecular formula is C16H23NO2P+. The fraction of sp³-hybridized carbons (Fsp3) is 0.250. The van der Waals surface area contributed by atoms with Gasteiger partial charge in [-0.2, -0.15) is 0 Å². The summed E-state index contributed by atoms with van der Waals surface area (Å²) in [6, 6.07) is 18.5. The molecule has 20 heavy (non-hydrogen) atoms. The Bertz CT molecular complexity index is 417. The van der Waals surface area contributed by atoms with Gasteiger partial charge in [0, 0.05) is 0 Å². The van der Waals surface area contributed by atoms with Gasteiger partial charge in [0.2, 0.25) is 0 Å². The molecule has 0 bridgehead atoms. The molecule has 2 aromatic carbocycles. The Hall–Kier alpha value is -1.86. The van der Waals surface area contributed by atoms with Crippen molar-refractivity contribution in [3.63, 3.8) is 0 Å². The first-order chi connectivity index (χ1) is 9.84. The fourth-order valence-electron chi connectivity index (χ4n) is 1.17. The third-order valence-electron chi connectivity index (χ3n) is 1.86. The molecule has 0 aliphatic heterocycles. The molecule has 0 aromatic heterocycles. The largest absolute Gasteiger partial charge is 0.664 e. The fourth-order valence-corrected chi connectivity index (χ4v) is 1.84. The Morgan fingerprint density at radius 2 is 0.950 bits per heavy atom. The van der Waals surface area contributed by atoms with Crippen LogP contribution in [0.1, 0.15) is 27.7 Å². The standard InChI is InChI=1S/C12H11NO2P.2C2H6/c13-16(14-11-7-3-1-4-8-11)15-12-9-5-2-6-10-12;2*1-2/h1-10,13H;2*1-2H3/q+1;;. The summed E-state index contributed by atoms with van der Waals surface area (Å²) < 4.78 is 10.7. The maximum absolute atomic E-state index is 7.67. The molecule has 0 aliphatic rings. The predicted molar refractivity (Wildman–Crippen MR) is 86.5 cm³/mol. The van der Waals surface area contributed by atoms with Crippen molar-refractivity contribution in [3.05, 3.63) is 60.7 Å². The molecule has 2 rings (SSSR count). The van der Waals surface area contributed by atoms with E-state index >= 15 is 0 Å². The predicted octanol–water partition coefficient (Wildman–Crippen LogP) is 6.27. The SMILES string of the molecule is CC.CC.N=[P+](Oc1ccccc1)Oc1ccccc1. The number of hydrogen-bond acceptors (Lipinski definition) is 3. The minimum Gasteiger partial charge on any atom is -0.236 e. The second kappa shape index (κ2) is 12.2. The van der Waals surface area contributed by atoms with Gasteiger partial charge in [-0.05, 0) is 29.4 Å². The number of nitrogens with one attached hydrogen (secondary N) is 1. The van der Waals surface area contributed by atoms with Gasteiger partial charge in [-0.3, -0.25) is 0 Å². The van der Waals surface area contributed by atoms with Crippen molar-refractivity contribution < 1.29 is 9.05 Å². The highest BCUT2D eigenvalue weighted by Gasteiger charge is 2.17. The van der Waals surface area contributed by atoms with Gasteiger partial charge in [0.1, 0.15) is 0 Å². The van der Waals surface area contributed by atoms with Crippen molar-refractivity contribution in [1.82, 2.24) is 0 Å². The summed E-state index contributed by atoms with van der Waals surface area (Å²) in [6.45, 7) is 8.00. The lowest BCUT2D eigenvalue weighted by Gasteiger charge is -1.95.